The number of aryl methyl sites for hydroxylation is 1. The van der Waals surface area contributed by atoms with Crippen LogP contribution in [-0.2, 0) is 11.3 Å². The Labute approximate surface area is 162 Å². The number of carbonyl (C=O) groups excluding carboxylic acids is 2. The number of imide groups is 1. The number of carbonyl (C=O) groups is 2. The molecular weight excluding hydrogens is 372 g/mol. The first-order valence-corrected chi connectivity index (χ1v) is 10.1. The van der Waals surface area contributed by atoms with Crippen LogP contribution in [0, 0.1) is 0 Å². The van der Waals surface area contributed by atoms with Gasteiger partial charge in [0.2, 0.25) is 0 Å². The zero-order valence-electron chi connectivity index (χ0n) is 15.2. The zero-order chi connectivity index (χ0) is 18.9. The second kappa shape index (κ2) is 7.48. The number of urea groups is 1. The average molecular weight is 395 g/mol. The largest absolute Gasteiger partial charge is 0.325 e. The van der Waals surface area contributed by atoms with Gasteiger partial charge < -0.3 is 9.88 Å². The van der Waals surface area contributed by atoms with Crippen LogP contribution in [0.15, 0.2) is 23.4 Å². The highest BCUT2D eigenvalue weighted by Gasteiger charge is 2.43. The Morgan fingerprint density at radius 2 is 2.04 bits per heavy atom. The monoisotopic (exact) mass is 394 g/mol. The van der Waals surface area contributed by atoms with Crippen LogP contribution in [-0.4, -0.2) is 44.2 Å². The van der Waals surface area contributed by atoms with Crippen molar-refractivity contribution in [1.82, 2.24) is 19.8 Å². The Morgan fingerprint density at radius 3 is 2.69 bits per heavy atom. The van der Waals surface area contributed by atoms with Gasteiger partial charge in [0, 0.05) is 23.9 Å². The summed E-state index contributed by atoms with van der Waals surface area (Å²) in [6, 6.07) is 5.45. The van der Waals surface area contributed by atoms with E-state index in [2.05, 4.69) is 16.8 Å². The van der Waals surface area contributed by atoms with Gasteiger partial charge in [0.15, 0.2) is 5.16 Å². The lowest BCUT2D eigenvalue weighted by Gasteiger charge is -2.15. The summed E-state index contributed by atoms with van der Waals surface area (Å²) < 4.78 is 2.20. The lowest BCUT2D eigenvalue weighted by molar-refractivity contribution is -0.130. The lowest BCUT2D eigenvalue weighted by Crippen LogP contribution is -2.40. The fourth-order valence-corrected chi connectivity index (χ4v) is 4.17. The molecule has 6 nitrogen and oxygen atoms in total. The summed E-state index contributed by atoms with van der Waals surface area (Å²) in [7, 11) is 0. The van der Waals surface area contributed by atoms with Gasteiger partial charge in [0.05, 0.1) is 11.0 Å². The topological polar surface area (TPSA) is 67.2 Å². The van der Waals surface area contributed by atoms with Crippen LogP contribution < -0.4 is 5.32 Å². The summed E-state index contributed by atoms with van der Waals surface area (Å²) in [5.74, 6) is 0.610. The van der Waals surface area contributed by atoms with Gasteiger partial charge in [-0.2, -0.15) is 0 Å². The third-order valence-electron chi connectivity index (χ3n) is 4.32. The number of nitrogens with one attached hydrogen (secondary N) is 1. The van der Waals surface area contributed by atoms with Crippen LogP contribution >= 0.6 is 23.4 Å². The predicted molar refractivity (Wildman–Crippen MR) is 105 cm³/mol. The van der Waals surface area contributed by atoms with Crippen LogP contribution in [0.4, 0.5) is 4.79 Å². The Morgan fingerprint density at radius 1 is 1.27 bits per heavy atom. The summed E-state index contributed by atoms with van der Waals surface area (Å²) in [6.45, 7) is 6.89. The first-order valence-electron chi connectivity index (χ1n) is 8.76. The fraction of sp³-hybridized carbons (Fsp3) is 0.500. The molecule has 140 valence electrons. The summed E-state index contributed by atoms with van der Waals surface area (Å²) in [4.78, 5) is 30.1. The van der Waals surface area contributed by atoms with Gasteiger partial charge in [-0.05, 0) is 44.9 Å². The molecule has 1 aromatic carbocycles. The number of amides is 3. The van der Waals surface area contributed by atoms with E-state index in [0.717, 1.165) is 41.3 Å². The Balaban J connectivity index is 1.64. The van der Waals surface area contributed by atoms with Crippen LogP contribution in [0.25, 0.3) is 11.0 Å². The van der Waals surface area contributed by atoms with Crippen LogP contribution in [0.2, 0.25) is 5.02 Å². The normalized spacial score (nSPS) is 16.5. The number of hydrogen-bond acceptors (Lipinski definition) is 4. The number of benzene rings is 1. The maximum atomic E-state index is 12.2. The molecule has 0 radical (unpaired) electrons. The molecule has 1 N–H and O–H groups in total. The number of hydrogen-bond donors (Lipinski definition) is 1. The summed E-state index contributed by atoms with van der Waals surface area (Å²) in [5.41, 5.74) is 1.16. The number of halogens is 1. The molecule has 26 heavy (non-hydrogen) atoms. The van der Waals surface area contributed by atoms with E-state index in [9.17, 15) is 9.59 Å². The zero-order valence-corrected chi connectivity index (χ0v) is 16.8. The minimum absolute atomic E-state index is 0.166. The summed E-state index contributed by atoms with van der Waals surface area (Å²) in [6.07, 6.45) is 1.73. The number of aromatic nitrogens is 2. The molecule has 1 saturated heterocycles. The van der Waals surface area contributed by atoms with Gasteiger partial charge in [-0.15, -0.1) is 0 Å². The molecule has 0 aliphatic carbocycles. The van der Waals surface area contributed by atoms with Gasteiger partial charge >= 0.3 is 6.03 Å². The first kappa shape index (κ1) is 19.0. The van der Waals surface area contributed by atoms with Crippen LogP contribution in [0.1, 0.15) is 33.6 Å². The van der Waals surface area contributed by atoms with E-state index in [4.69, 9.17) is 16.6 Å². The van der Waals surface area contributed by atoms with Crippen molar-refractivity contribution in [3.63, 3.8) is 0 Å². The van der Waals surface area contributed by atoms with Crippen molar-refractivity contribution in [2.45, 2.75) is 50.9 Å². The molecule has 1 aliphatic rings. The Kier molecular flexibility index (Phi) is 5.48. The first-order chi connectivity index (χ1) is 12.3. The number of imidazole rings is 1. The molecule has 3 rings (SSSR count). The number of thioether (sulfide) groups is 1. The third kappa shape index (κ3) is 3.69. The molecule has 0 bridgehead atoms. The minimum Gasteiger partial charge on any atom is -0.324 e. The number of rotatable bonds is 7. The Hall–Kier alpha value is -1.73. The smallest absolute Gasteiger partial charge is 0.324 e. The van der Waals surface area contributed by atoms with Gasteiger partial charge in [0.25, 0.3) is 5.91 Å². The quantitative estimate of drug-likeness (QED) is 0.439. The van der Waals surface area contributed by atoms with Gasteiger partial charge in [0.1, 0.15) is 5.54 Å². The molecule has 0 unspecified atom stereocenters. The van der Waals surface area contributed by atoms with Crippen molar-refractivity contribution in [2.24, 2.45) is 0 Å². The fourth-order valence-electron chi connectivity index (χ4n) is 3.04. The molecule has 2 aromatic rings. The highest BCUT2D eigenvalue weighted by Crippen LogP contribution is 2.27. The van der Waals surface area contributed by atoms with Crippen molar-refractivity contribution in [2.75, 3.05) is 12.3 Å². The maximum absolute atomic E-state index is 12.2. The second-order valence-corrected chi connectivity index (χ2v) is 8.39. The highest BCUT2D eigenvalue weighted by molar-refractivity contribution is 7.99. The maximum Gasteiger partial charge on any atom is 0.325 e. The number of nitrogens with zero attached hydrogens (tertiary/aromatic N) is 3. The third-order valence-corrected chi connectivity index (χ3v) is 5.62. The SMILES string of the molecule is CCCn1c(SCCCN2C(=O)NC(C)(C)C2=O)nc2cc(Cl)ccc21. The van der Waals surface area contributed by atoms with Crippen molar-refractivity contribution >= 4 is 46.3 Å². The van der Waals surface area contributed by atoms with Gasteiger partial charge in [-0.1, -0.05) is 30.3 Å². The Bertz CT molecular complexity index is 849. The van der Waals surface area contributed by atoms with E-state index < -0.39 is 5.54 Å². The van der Waals surface area contributed by atoms with Crippen LogP contribution in [0.3, 0.4) is 0 Å². The molecule has 1 aromatic heterocycles. The molecule has 3 amide bonds. The summed E-state index contributed by atoms with van der Waals surface area (Å²) >= 11 is 7.72. The van der Waals surface area contributed by atoms with E-state index >= 15 is 0 Å². The highest BCUT2D eigenvalue weighted by atomic mass is 35.5. The molecule has 2 heterocycles. The predicted octanol–water partition coefficient (Wildman–Crippen LogP) is 3.91. The van der Waals surface area contributed by atoms with Crippen LogP contribution in [0.5, 0.6) is 0 Å². The molecule has 1 aliphatic heterocycles. The van der Waals surface area contributed by atoms with Gasteiger partial charge in [-0.25, -0.2) is 9.78 Å². The molecular formula is C18H23ClN4O2S. The van der Waals surface area contributed by atoms with E-state index in [1.165, 1.54) is 4.90 Å². The second-order valence-electron chi connectivity index (χ2n) is 6.89. The molecule has 0 atom stereocenters. The molecule has 0 spiro atoms. The molecule has 0 saturated carbocycles. The van der Waals surface area contributed by atoms with E-state index in [1.807, 2.05) is 18.2 Å². The molecule has 8 heteroatoms. The van der Waals surface area contributed by atoms with E-state index in [1.54, 1.807) is 25.6 Å². The number of fused-ring (bicyclic) bond motifs is 1. The van der Waals surface area contributed by atoms with Crippen molar-refractivity contribution in [3.8, 4) is 0 Å². The van der Waals surface area contributed by atoms with Crippen molar-refractivity contribution in [3.05, 3.63) is 23.2 Å². The van der Waals surface area contributed by atoms with Gasteiger partial charge in [-0.3, -0.25) is 9.69 Å². The van der Waals surface area contributed by atoms with E-state index in [-0.39, 0.29) is 11.9 Å². The lowest BCUT2D eigenvalue weighted by atomic mass is 10.1. The summed E-state index contributed by atoms with van der Waals surface area (Å²) in [5, 5.41) is 4.33. The molecule has 1 fully saturated rings. The minimum atomic E-state index is -0.807. The standard InChI is InChI=1S/C18H23ClN4O2S/c1-4-8-22-14-7-6-12(19)11-13(14)20-17(22)26-10-5-9-23-15(24)18(2,3)21-16(23)25/h6-7,11H,4-5,8-10H2,1-3H3,(H,21,25). The average Bonchev–Trinajstić information content (AvgIpc) is 2.99. The van der Waals surface area contributed by atoms with E-state index in [0.29, 0.717) is 11.6 Å². The van der Waals surface area contributed by atoms with Crippen molar-refractivity contribution < 1.29 is 9.59 Å². The van der Waals surface area contributed by atoms with Crippen molar-refractivity contribution in [1.29, 1.82) is 0 Å².